The number of aromatic nitrogens is 3. The van der Waals surface area contributed by atoms with Crippen LogP contribution >= 0.6 is 0 Å². The Bertz CT molecular complexity index is 1470. The lowest BCUT2D eigenvalue weighted by molar-refractivity contribution is -0.192. The quantitative estimate of drug-likeness (QED) is 0.179. The van der Waals surface area contributed by atoms with Gasteiger partial charge in [0.2, 0.25) is 11.9 Å². The Morgan fingerprint density at radius 2 is 1.63 bits per heavy atom. The molecule has 4 aromatic rings. The van der Waals surface area contributed by atoms with Gasteiger partial charge in [-0.1, -0.05) is 48.5 Å². The number of anilines is 2. The van der Waals surface area contributed by atoms with Crippen molar-refractivity contribution in [3.63, 3.8) is 0 Å². The maximum Gasteiger partial charge on any atom is 0.490 e. The zero-order chi connectivity index (χ0) is 31.2. The summed E-state index contributed by atoms with van der Waals surface area (Å²) in [6, 6.07) is 21.1. The highest BCUT2D eigenvalue weighted by molar-refractivity contribution is 5.84. The Morgan fingerprint density at radius 1 is 0.930 bits per heavy atom. The fourth-order valence-electron chi connectivity index (χ4n) is 3.78. The molecule has 0 saturated carbocycles. The largest absolute Gasteiger partial charge is 0.490 e. The summed E-state index contributed by atoms with van der Waals surface area (Å²) in [6.07, 6.45) is -0.253. The van der Waals surface area contributed by atoms with Crippen molar-refractivity contribution in [1.82, 2.24) is 20.3 Å². The van der Waals surface area contributed by atoms with Gasteiger partial charge in [-0.3, -0.25) is 9.78 Å². The SMILES string of the molecule is Cc1cc(N[C@@H](Cc2ccccc2)C(=O)NCc2cccc(F)c2)nc(NCCc2cccnc2)n1.O=C(O)C(F)(F)F. The number of rotatable bonds is 11. The third kappa shape index (κ3) is 11.7. The number of aryl methyl sites for hydroxylation is 1. The number of pyridine rings is 1. The first-order chi connectivity index (χ1) is 20.5. The minimum Gasteiger partial charge on any atom is -0.475 e. The fourth-order valence-corrected chi connectivity index (χ4v) is 3.78. The highest BCUT2D eigenvalue weighted by Gasteiger charge is 2.38. The Balaban J connectivity index is 0.000000646. The number of hydrogen-bond acceptors (Lipinski definition) is 7. The predicted molar refractivity (Wildman–Crippen MR) is 153 cm³/mol. The van der Waals surface area contributed by atoms with Crippen LogP contribution in [0.2, 0.25) is 0 Å². The lowest BCUT2D eigenvalue weighted by Gasteiger charge is -2.20. The molecule has 2 aromatic carbocycles. The molecule has 13 heteroatoms. The number of nitrogens with one attached hydrogen (secondary N) is 3. The zero-order valence-electron chi connectivity index (χ0n) is 23.1. The second-order valence-electron chi connectivity index (χ2n) is 9.29. The van der Waals surface area contributed by atoms with E-state index in [-0.39, 0.29) is 18.3 Å². The molecule has 0 aliphatic rings. The van der Waals surface area contributed by atoms with Crippen LogP contribution in [0.4, 0.5) is 29.3 Å². The first-order valence-electron chi connectivity index (χ1n) is 13.1. The molecule has 0 saturated heterocycles. The molecule has 0 radical (unpaired) electrons. The molecule has 9 nitrogen and oxygen atoms in total. The maximum absolute atomic E-state index is 13.5. The normalized spacial score (nSPS) is 11.5. The van der Waals surface area contributed by atoms with Crippen LogP contribution in [0.3, 0.4) is 0 Å². The number of carboxylic acids is 1. The van der Waals surface area contributed by atoms with Crippen molar-refractivity contribution in [3.8, 4) is 0 Å². The number of carbonyl (C=O) groups excluding carboxylic acids is 1. The Hall–Kier alpha value is -5.07. The van der Waals surface area contributed by atoms with E-state index in [2.05, 4.69) is 30.9 Å². The lowest BCUT2D eigenvalue weighted by Crippen LogP contribution is -2.41. The van der Waals surface area contributed by atoms with Crippen LogP contribution in [0.1, 0.15) is 22.4 Å². The number of hydrogen-bond donors (Lipinski definition) is 4. The molecule has 0 bridgehead atoms. The van der Waals surface area contributed by atoms with Crippen molar-refractivity contribution in [2.45, 2.75) is 38.5 Å². The predicted octanol–water partition coefficient (Wildman–Crippen LogP) is 4.95. The highest BCUT2D eigenvalue weighted by Crippen LogP contribution is 2.15. The van der Waals surface area contributed by atoms with E-state index in [1.54, 1.807) is 18.3 Å². The standard InChI is InChI=1S/C28H29FN6O.C2HF3O2/c1-20-15-26(35-28(33-20)31-14-12-22-10-6-13-30-18-22)34-25(17-21-7-3-2-4-8-21)27(36)32-19-23-9-5-11-24(29)16-23;3-2(4,5)1(6)7/h2-11,13,15-16,18,25H,12,14,17,19H2,1H3,(H,32,36)(H2,31,33,34,35);(H,6,7)/t25-;/m0./s1. The van der Waals surface area contributed by atoms with Gasteiger partial charge < -0.3 is 21.1 Å². The van der Waals surface area contributed by atoms with Gasteiger partial charge in [0, 0.05) is 43.7 Å². The Kier molecular flexibility index (Phi) is 11.9. The van der Waals surface area contributed by atoms with E-state index in [1.165, 1.54) is 12.1 Å². The van der Waals surface area contributed by atoms with Crippen LogP contribution in [-0.4, -0.2) is 50.7 Å². The van der Waals surface area contributed by atoms with E-state index in [9.17, 15) is 22.4 Å². The molecule has 2 aromatic heterocycles. The third-order valence-electron chi connectivity index (χ3n) is 5.79. The van der Waals surface area contributed by atoms with Gasteiger partial charge in [-0.05, 0) is 48.2 Å². The van der Waals surface area contributed by atoms with E-state index in [1.807, 2.05) is 61.7 Å². The van der Waals surface area contributed by atoms with E-state index >= 15 is 0 Å². The average molecular weight is 599 g/mol. The second kappa shape index (κ2) is 15.8. The van der Waals surface area contributed by atoms with Crippen LogP contribution in [0, 0.1) is 12.7 Å². The van der Waals surface area contributed by atoms with E-state index in [0.717, 1.165) is 23.2 Å². The molecule has 2 heterocycles. The van der Waals surface area contributed by atoms with Gasteiger partial charge in [-0.25, -0.2) is 14.2 Å². The molecule has 0 aliphatic heterocycles. The Morgan fingerprint density at radius 3 is 2.28 bits per heavy atom. The van der Waals surface area contributed by atoms with Crippen molar-refractivity contribution in [1.29, 1.82) is 0 Å². The molecule has 0 spiro atoms. The highest BCUT2D eigenvalue weighted by atomic mass is 19.4. The van der Waals surface area contributed by atoms with Crippen molar-refractivity contribution in [2.24, 2.45) is 0 Å². The Labute approximate surface area is 245 Å². The van der Waals surface area contributed by atoms with Crippen molar-refractivity contribution >= 4 is 23.6 Å². The molecule has 43 heavy (non-hydrogen) atoms. The minimum atomic E-state index is -5.08. The van der Waals surface area contributed by atoms with Crippen LogP contribution in [0.25, 0.3) is 0 Å². The fraction of sp³-hybridized carbons (Fsp3) is 0.233. The van der Waals surface area contributed by atoms with Crippen LogP contribution in [0.15, 0.2) is 85.2 Å². The van der Waals surface area contributed by atoms with Gasteiger partial charge >= 0.3 is 12.1 Å². The number of nitrogens with zero attached hydrogens (tertiary/aromatic N) is 3. The molecule has 1 atom stereocenters. The summed E-state index contributed by atoms with van der Waals surface area (Å²) < 4.78 is 45.3. The molecule has 4 N–H and O–H groups in total. The minimum absolute atomic E-state index is 0.203. The third-order valence-corrected chi connectivity index (χ3v) is 5.79. The zero-order valence-corrected chi connectivity index (χ0v) is 23.1. The number of alkyl halides is 3. The van der Waals surface area contributed by atoms with Crippen molar-refractivity contribution in [2.75, 3.05) is 17.2 Å². The average Bonchev–Trinajstić information content (AvgIpc) is 2.96. The topological polar surface area (TPSA) is 129 Å². The summed E-state index contributed by atoms with van der Waals surface area (Å²) in [5, 5.41) is 16.6. The number of halogens is 4. The molecular formula is C30H30F4N6O3. The number of carboxylic acid groups (broad SMARTS) is 1. The number of benzene rings is 2. The van der Waals surface area contributed by atoms with Crippen molar-refractivity contribution < 1.29 is 32.3 Å². The monoisotopic (exact) mass is 598 g/mol. The molecule has 226 valence electrons. The summed E-state index contributed by atoms with van der Waals surface area (Å²) in [6.45, 7) is 2.76. The van der Waals surface area contributed by atoms with Crippen LogP contribution in [-0.2, 0) is 29.0 Å². The summed E-state index contributed by atoms with van der Waals surface area (Å²) in [5.74, 6) is -2.26. The molecule has 0 unspecified atom stereocenters. The van der Waals surface area contributed by atoms with Gasteiger partial charge in [0.1, 0.15) is 17.7 Å². The van der Waals surface area contributed by atoms with Gasteiger partial charge in [-0.15, -0.1) is 0 Å². The van der Waals surface area contributed by atoms with Gasteiger partial charge in [0.05, 0.1) is 0 Å². The molecule has 1 amide bonds. The first-order valence-corrected chi connectivity index (χ1v) is 13.1. The number of amides is 1. The van der Waals surface area contributed by atoms with Gasteiger partial charge in [0.25, 0.3) is 0 Å². The van der Waals surface area contributed by atoms with E-state index in [4.69, 9.17) is 9.90 Å². The van der Waals surface area contributed by atoms with Crippen molar-refractivity contribution in [3.05, 3.63) is 113 Å². The first kappa shape index (κ1) is 32.4. The summed E-state index contributed by atoms with van der Waals surface area (Å²) in [7, 11) is 0. The van der Waals surface area contributed by atoms with Crippen LogP contribution < -0.4 is 16.0 Å². The molecular weight excluding hydrogens is 568 g/mol. The summed E-state index contributed by atoms with van der Waals surface area (Å²) in [5.41, 5.74) is 3.60. The van der Waals surface area contributed by atoms with Gasteiger partial charge in [-0.2, -0.15) is 18.2 Å². The number of aliphatic carboxylic acids is 1. The maximum atomic E-state index is 13.5. The van der Waals surface area contributed by atoms with E-state index in [0.29, 0.717) is 30.3 Å². The summed E-state index contributed by atoms with van der Waals surface area (Å²) >= 11 is 0. The summed E-state index contributed by atoms with van der Waals surface area (Å²) in [4.78, 5) is 35.3. The smallest absolute Gasteiger partial charge is 0.475 e. The molecule has 0 aliphatic carbocycles. The number of carbonyl (C=O) groups is 2. The molecule has 0 fully saturated rings. The lowest BCUT2D eigenvalue weighted by atomic mass is 10.0. The second-order valence-corrected chi connectivity index (χ2v) is 9.29. The van der Waals surface area contributed by atoms with Gasteiger partial charge in [0.15, 0.2) is 0 Å². The van der Waals surface area contributed by atoms with Crippen LogP contribution in [0.5, 0.6) is 0 Å². The van der Waals surface area contributed by atoms with E-state index < -0.39 is 18.2 Å². The molecule has 4 rings (SSSR count).